The quantitative estimate of drug-likeness (QED) is 0.566. The topological polar surface area (TPSA) is 56.8 Å². The third-order valence-electron chi connectivity index (χ3n) is 4.44. The predicted molar refractivity (Wildman–Crippen MR) is 111 cm³/mol. The zero-order valence-electron chi connectivity index (χ0n) is 17.2. The summed E-state index contributed by atoms with van der Waals surface area (Å²) in [6, 6.07) is 15.3. The molecule has 2 aromatic rings. The van der Waals surface area contributed by atoms with E-state index in [0.717, 1.165) is 29.2 Å². The molecule has 0 saturated carbocycles. The molecule has 28 heavy (non-hydrogen) atoms. The van der Waals surface area contributed by atoms with Crippen LogP contribution < -0.4 is 19.5 Å². The van der Waals surface area contributed by atoms with Crippen LogP contribution in [0, 0.1) is 5.92 Å². The van der Waals surface area contributed by atoms with Crippen molar-refractivity contribution < 1.29 is 19.0 Å². The summed E-state index contributed by atoms with van der Waals surface area (Å²) in [6.07, 6.45) is 1.98. The van der Waals surface area contributed by atoms with Crippen molar-refractivity contribution in [2.24, 2.45) is 5.92 Å². The number of carbonyl (C=O) groups is 1. The van der Waals surface area contributed by atoms with Gasteiger partial charge in [-0.3, -0.25) is 4.79 Å². The lowest BCUT2D eigenvalue weighted by Crippen LogP contribution is -2.29. The molecule has 0 radical (unpaired) electrons. The monoisotopic (exact) mass is 385 g/mol. The van der Waals surface area contributed by atoms with Crippen molar-refractivity contribution in [1.82, 2.24) is 5.32 Å². The number of carbonyl (C=O) groups excluding carboxylic acids is 1. The molecular formula is C23H31NO4. The van der Waals surface area contributed by atoms with Gasteiger partial charge in [-0.1, -0.05) is 26.0 Å². The van der Waals surface area contributed by atoms with Crippen molar-refractivity contribution in [2.75, 3.05) is 20.8 Å². The van der Waals surface area contributed by atoms with E-state index in [1.807, 2.05) is 48.5 Å². The Morgan fingerprint density at radius 1 is 0.893 bits per heavy atom. The summed E-state index contributed by atoms with van der Waals surface area (Å²) in [4.78, 5) is 12.4. The maximum absolute atomic E-state index is 12.4. The first-order valence-electron chi connectivity index (χ1n) is 9.72. The van der Waals surface area contributed by atoms with E-state index >= 15 is 0 Å². The van der Waals surface area contributed by atoms with Gasteiger partial charge < -0.3 is 19.5 Å². The van der Waals surface area contributed by atoms with Gasteiger partial charge in [0.1, 0.15) is 17.2 Å². The van der Waals surface area contributed by atoms with Crippen LogP contribution in [0.5, 0.6) is 17.2 Å². The first-order chi connectivity index (χ1) is 13.5. The molecule has 5 heteroatoms. The molecule has 0 bridgehead atoms. The fourth-order valence-electron chi connectivity index (χ4n) is 2.95. The van der Waals surface area contributed by atoms with Gasteiger partial charge in [0.15, 0.2) is 0 Å². The van der Waals surface area contributed by atoms with Crippen LogP contribution in [0.4, 0.5) is 0 Å². The molecule has 2 rings (SSSR count). The number of hydrogen-bond donors (Lipinski definition) is 1. The van der Waals surface area contributed by atoms with Crippen LogP contribution in [-0.4, -0.2) is 26.7 Å². The molecule has 0 aromatic heterocycles. The summed E-state index contributed by atoms with van der Waals surface area (Å²) in [5, 5.41) is 3.16. The van der Waals surface area contributed by atoms with E-state index in [1.54, 1.807) is 14.2 Å². The molecule has 2 aromatic carbocycles. The third kappa shape index (κ3) is 7.14. The zero-order valence-corrected chi connectivity index (χ0v) is 17.2. The van der Waals surface area contributed by atoms with Gasteiger partial charge >= 0.3 is 0 Å². The molecule has 0 unspecified atom stereocenters. The molecule has 0 heterocycles. The smallest absolute Gasteiger partial charge is 0.220 e. The predicted octanol–water partition coefficient (Wildman–Crippen LogP) is 4.77. The number of rotatable bonds is 11. The fraction of sp³-hybridized carbons (Fsp3) is 0.435. The number of benzene rings is 2. The first-order valence-corrected chi connectivity index (χ1v) is 9.72. The highest BCUT2D eigenvalue weighted by Crippen LogP contribution is 2.24. The highest BCUT2D eigenvalue weighted by Gasteiger charge is 2.16. The number of hydrogen-bond acceptors (Lipinski definition) is 4. The summed E-state index contributed by atoms with van der Waals surface area (Å²) in [5.41, 5.74) is 1.09. The molecule has 1 N–H and O–H groups in total. The third-order valence-corrected chi connectivity index (χ3v) is 4.44. The molecule has 0 spiro atoms. The average Bonchev–Trinajstić information content (AvgIpc) is 2.71. The summed E-state index contributed by atoms with van der Waals surface area (Å²) < 4.78 is 16.0. The zero-order chi connectivity index (χ0) is 20.4. The minimum absolute atomic E-state index is 0.000845. The Bertz CT molecular complexity index is 710. The second kappa shape index (κ2) is 11.2. The van der Waals surface area contributed by atoms with E-state index in [2.05, 4.69) is 19.2 Å². The minimum atomic E-state index is 0.000845. The lowest BCUT2D eigenvalue weighted by atomic mass is 9.96. The Labute approximate surface area is 168 Å². The van der Waals surface area contributed by atoms with Crippen LogP contribution in [0.15, 0.2) is 48.5 Å². The molecule has 1 amide bonds. The number of methoxy groups -OCH3 is 2. The molecular weight excluding hydrogens is 354 g/mol. The molecule has 0 saturated heterocycles. The molecule has 5 nitrogen and oxygen atoms in total. The standard InChI is InChI=1S/C23H31NO4/c1-17(2)16-22(18-7-9-19(26-3)10-8-18)24-23(25)6-5-15-28-21-13-11-20(27-4)12-14-21/h7-14,17,22H,5-6,15-16H2,1-4H3,(H,24,25)/t22-/m1/s1. The maximum atomic E-state index is 12.4. The Morgan fingerprint density at radius 3 is 1.96 bits per heavy atom. The molecule has 0 aliphatic carbocycles. The molecule has 152 valence electrons. The summed E-state index contributed by atoms with van der Waals surface area (Å²) in [5.74, 6) is 2.90. The van der Waals surface area contributed by atoms with Gasteiger partial charge in [0, 0.05) is 6.42 Å². The van der Waals surface area contributed by atoms with Gasteiger partial charge in [-0.15, -0.1) is 0 Å². The van der Waals surface area contributed by atoms with Crippen LogP contribution in [0.25, 0.3) is 0 Å². The van der Waals surface area contributed by atoms with Gasteiger partial charge in [-0.05, 0) is 60.7 Å². The lowest BCUT2D eigenvalue weighted by Gasteiger charge is -2.21. The molecule has 0 aliphatic heterocycles. The summed E-state index contributed by atoms with van der Waals surface area (Å²) >= 11 is 0. The van der Waals surface area contributed by atoms with E-state index in [0.29, 0.717) is 25.4 Å². The molecule has 1 atom stereocenters. The van der Waals surface area contributed by atoms with Gasteiger partial charge in [-0.25, -0.2) is 0 Å². The highest BCUT2D eigenvalue weighted by molar-refractivity contribution is 5.76. The normalized spacial score (nSPS) is 11.8. The fourth-order valence-corrected chi connectivity index (χ4v) is 2.95. The summed E-state index contributed by atoms with van der Waals surface area (Å²) in [7, 11) is 3.28. The van der Waals surface area contributed by atoms with Gasteiger partial charge in [0.05, 0.1) is 26.9 Å². The Balaban J connectivity index is 1.81. The van der Waals surface area contributed by atoms with Gasteiger partial charge in [0.25, 0.3) is 0 Å². The van der Waals surface area contributed by atoms with Crippen molar-refractivity contribution in [3.63, 3.8) is 0 Å². The van der Waals surface area contributed by atoms with Crippen LogP contribution in [0.3, 0.4) is 0 Å². The van der Waals surface area contributed by atoms with Crippen molar-refractivity contribution >= 4 is 5.91 Å². The second-order valence-electron chi connectivity index (χ2n) is 7.15. The van der Waals surface area contributed by atoms with E-state index in [-0.39, 0.29) is 11.9 Å². The highest BCUT2D eigenvalue weighted by atomic mass is 16.5. The summed E-state index contributed by atoms with van der Waals surface area (Å²) in [6.45, 7) is 4.81. The van der Waals surface area contributed by atoms with Crippen molar-refractivity contribution in [1.29, 1.82) is 0 Å². The first kappa shape index (κ1) is 21.6. The van der Waals surface area contributed by atoms with Crippen molar-refractivity contribution in [3.05, 3.63) is 54.1 Å². The molecule has 0 aliphatic rings. The second-order valence-corrected chi connectivity index (χ2v) is 7.15. The number of ether oxygens (including phenoxy) is 3. The largest absolute Gasteiger partial charge is 0.497 e. The van der Waals surface area contributed by atoms with E-state index in [9.17, 15) is 4.79 Å². The average molecular weight is 386 g/mol. The molecule has 0 fully saturated rings. The van der Waals surface area contributed by atoms with E-state index in [1.165, 1.54) is 0 Å². The number of nitrogens with one attached hydrogen (secondary N) is 1. The van der Waals surface area contributed by atoms with E-state index in [4.69, 9.17) is 14.2 Å². The Hall–Kier alpha value is -2.69. The number of amides is 1. The maximum Gasteiger partial charge on any atom is 0.220 e. The lowest BCUT2D eigenvalue weighted by molar-refractivity contribution is -0.122. The van der Waals surface area contributed by atoms with Crippen LogP contribution in [0.2, 0.25) is 0 Å². The Morgan fingerprint density at radius 2 is 1.43 bits per heavy atom. The SMILES string of the molecule is COc1ccc(OCCCC(=O)N[C@H](CC(C)C)c2ccc(OC)cc2)cc1. The van der Waals surface area contributed by atoms with Crippen LogP contribution in [0.1, 0.15) is 44.7 Å². The minimum Gasteiger partial charge on any atom is -0.497 e. The van der Waals surface area contributed by atoms with E-state index < -0.39 is 0 Å². The van der Waals surface area contributed by atoms with Crippen molar-refractivity contribution in [3.8, 4) is 17.2 Å². The van der Waals surface area contributed by atoms with Crippen molar-refractivity contribution in [2.45, 2.75) is 39.2 Å². The van der Waals surface area contributed by atoms with Crippen LogP contribution in [-0.2, 0) is 4.79 Å². The van der Waals surface area contributed by atoms with Gasteiger partial charge in [-0.2, -0.15) is 0 Å². The van der Waals surface area contributed by atoms with Gasteiger partial charge in [0.2, 0.25) is 5.91 Å². The van der Waals surface area contributed by atoms with Crippen LogP contribution >= 0.6 is 0 Å². The Kier molecular flexibility index (Phi) is 8.66.